The Bertz CT molecular complexity index is 819. The minimum atomic E-state index is 0.257. The van der Waals surface area contributed by atoms with Crippen molar-refractivity contribution in [3.63, 3.8) is 0 Å². The molecule has 0 aromatic heterocycles. The Hall–Kier alpha value is -0.890. The molecule has 0 spiro atoms. The van der Waals surface area contributed by atoms with Crippen molar-refractivity contribution >= 4 is 40.5 Å². The SMILES string of the molecule is Clc1ccc([C@@H]2Nc3c(Cl)cccc3[C@H]3[C@@H]4CC[C@@H](C4)[C@H]32)cc1Cl. The molecule has 3 aliphatic rings. The largest absolute Gasteiger partial charge is 0.376 e. The van der Waals surface area contributed by atoms with Crippen molar-refractivity contribution in [1.29, 1.82) is 0 Å². The third-order valence-electron chi connectivity index (χ3n) is 6.37. The Morgan fingerprint density at radius 1 is 0.875 bits per heavy atom. The van der Waals surface area contributed by atoms with Crippen LogP contribution in [0.1, 0.15) is 42.3 Å². The third-order valence-corrected chi connectivity index (χ3v) is 7.43. The van der Waals surface area contributed by atoms with Crippen LogP contribution in [0.15, 0.2) is 36.4 Å². The van der Waals surface area contributed by atoms with Gasteiger partial charge in [-0.05, 0) is 72.3 Å². The van der Waals surface area contributed by atoms with E-state index in [2.05, 4.69) is 23.5 Å². The first kappa shape index (κ1) is 15.4. The van der Waals surface area contributed by atoms with Gasteiger partial charge in [0.25, 0.3) is 0 Å². The standard InChI is InChI=1S/C20H18Cl3N/c21-14-7-6-12(9-16(14)23)19-18-11-5-4-10(8-11)17(18)13-2-1-3-15(22)20(13)24-19/h1-3,6-7,9-11,17-19,24H,4-5,8H2/t10-,11+,17-,18-,19+/m1/s1. The van der Waals surface area contributed by atoms with Gasteiger partial charge in [-0.3, -0.25) is 0 Å². The summed E-state index contributed by atoms with van der Waals surface area (Å²) in [5.74, 6) is 2.81. The first-order valence-electron chi connectivity index (χ1n) is 8.63. The van der Waals surface area contributed by atoms with Gasteiger partial charge in [0.2, 0.25) is 0 Å². The molecule has 1 nitrogen and oxygen atoms in total. The summed E-state index contributed by atoms with van der Waals surface area (Å²) in [4.78, 5) is 0. The molecule has 124 valence electrons. The molecular weight excluding hydrogens is 361 g/mol. The molecule has 2 bridgehead atoms. The number of para-hydroxylation sites is 1. The Morgan fingerprint density at radius 3 is 2.54 bits per heavy atom. The van der Waals surface area contributed by atoms with Crippen molar-refractivity contribution in [2.24, 2.45) is 17.8 Å². The molecule has 0 amide bonds. The van der Waals surface area contributed by atoms with Crippen molar-refractivity contribution in [2.45, 2.75) is 31.2 Å². The fraction of sp³-hybridized carbons (Fsp3) is 0.400. The average molecular weight is 379 g/mol. The molecule has 2 aromatic carbocycles. The predicted molar refractivity (Wildman–Crippen MR) is 101 cm³/mol. The summed E-state index contributed by atoms with van der Waals surface area (Å²) in [5, 5.41) is 5.81. The summed E-state index contributed by atoms with van der Waals surface area (Å²) in [5.41, 5.74) is 3.75. The van der Waals surface area contributed by atoms with Crippen molar-refractivity contribution in [3.8, 4) is 0 Å². The van der Waals surface area contributed by atoms with Gasteiger partial charge in [-0.15, -0.1) is 0 Å². The van der Waals surface area contributed by atoms with Crippen molar-refractivity contribution in [3.05, 3.63) is 62.6 Å². The first-order chi connectivity index (χ1) is 11.6. The molecule has 1 N–H and O–H groups in total. The molecule has 0 unspecified atom stereocenters. The van der Waals surface area contributed by atoms with Gasteiger partial charge in [-0.25, -0.2) is 0 Å². The van der Waals surface area contributed by atoms with Gasteiger partial charge in [0.05, 0.1) is 26.8 Å². The lowest BCUT2D eigenvalue weighted by atomic mass is 9.68. The van der Waals surface area contributed by atoms with E-state index in [4.69, 9.17) is 34.8 Å². The minimum absolute atomic E-state index is 0.257. The van der Waals surface area contributed by atoms with E-state index in [1.165, 1.54) is 30.4 Å². The normalized spacial score (nSPS) is 33.0. The zero-order chi connectivity index (χ0) is 16.4. The summed E-state index contributed by atoms with van der Waals surface area (Å²) in [7, 11) is 0. The number of anilines is 1. The highest BCUT2D eigenvalue weighted by Crippen LogP contribution is 2.64. The number of halogens is 3. The van der Waals surface area contributed by atoms with Crippen LogP contribution in [0.5, 0.6) is 0 Å². The van der Waals surface area contributed by atoms with Gasteiger partial charge in [-0.2, -0.15) is 0 Å². The highest BCUT2D eigenvalue weighted by atomic mass is 35.5. The Kier molecular flexibility index (Phi) is 3.56. The number of fused-ring (bicyclic) bond motifs is 7. The smallest absolute Gasteiger partial charge is 0.0640 e. The molecule has 1 heterocycles. The lowest BCUT2D eigenvalue weighted by Gasteiger charge is -2.43. The lowest BCUT2D eigenvalue weighted by Crippen LogP contribution is -2.35. The zero-order valence-corrected chi connectivity index (χ0v) is 15.4. The van der Waals surface area contributed by atoms with Gasteiger partial charge in [0, 0.05) is 0 Å². The van der Waals surface area contributed by atoms with Crippen LogP contribution < -0.4 is 5.32 Å². The molecule has 0 radical (unpaired) electrons. The highest BCUT2D eigenvalue weighted by Gasteiger charge is 2.54. The van der Waals surface area contributed by atoms with E-state index < -0.39 is 0 Å². The van der Waals surface area contributed by atoms with Gasteiger partial charge in [0.15, 0.2) is 0 Å². The topological polar surface area (TPSA) is 12.0 Å². The molecule has 2 saturated carbocycles. The van der Waals surface area contributed by atoms with Crippen LogP contribution >= 0.6 is 34.8 Å². The van der Waals surface area contributed by atoms with E-state index in [0.717, 1.165) is 22.5 Å². The summed E-state index contributed by atoms with van der Waals surface area (Å²) in [6, 6.07) is 12.6. The van der Waals surface area contributed by atoms with Gasteiger partial charge in [-0.1, -0.05) is 53.0 Å². The Balaban J connectivity index is 1.66. The van der Waals surface area contributed by atoms with E-state index in [0.29, 0.717) is 21.9 Å². The third kappa shape index (κ3) is 2.14. The second-order valence-corrected chi connectivity index (χ2v) is 8.66. The van der Waals surface area contributed by atoms with Crippen LogP contribution in [0.3, 0.4) is 0 Å². The highest BCUT2D eigenvalue weighted by molar-refractivity contribution is 6.42. The number of rotatable bonds is 1. The van der Waals surface area contributed by atoms with Crippen LogP contribution in [-0.4, -0.2) is 0 Å². The first-order valence-corrected chi connectivity index (χ1v) is 9.77. The number of hydrogen-bond donors (Lipinski definition) is 1. The maximum Gasteiger partial charge on any atom is 0.0640 e. The maximum absolute atomic E-state index is 6.53. The Labute approximate surface area is 157 Å². The second kappa shape index (κ2) is 5.56. The fourth-order valence-electron chi connectivity index (χ4n) is 5.51. The lowest BCUT2D eigenvalue weighted by molar-refractivity contribution is 0.247. The molecule has 2 fully saturated rings. The van der Waals surface area contributed by atoms with Crippen LogP contribution in [0.2, 0.25) is 15.1 Å². The zero-order valence-electron chi connectivity index (χ0n) is 13.1. The molecule has 1 aliphatic heterocycles. The molecule has 5 rings (SSSR count). The summed E-state index contributed by atoms with van der Waals surface area (Å²) in [6.07, 6.45) is 4.05. The average Bonchev–Trinajstić information content (AvgIpc) is 3.19. The van der Waals surface area contributed by atoms with Gasteiger partial charge >= 0.3 is 0 Å². The van der Waals surface area contributed by atoms with E-state index in [1.807, 2.05) is 18.2 Å². The van der Waals surface area contributed by atoms with Gasteiger partial charge < -0.3 is 5.32 Å². The summed E-state index contributed by atoms with van der Waals surface area (Å²) >= 11 is 19.0. The molecule has 2 aromatic rings. The second-order valence-electron chi connectivity index (χ2n) is 7.44. The van der Waals surface area contributed by atoms with Crippen LogP contribution in [0, 0.1) is 17.8 Å². The monoisotopic (exact) mass is 377 g/mol. The van der Waals surface area contributed by atoms with E-state index in [1.54, 1.807) is 0 Å². The number of benzene rings is 2. The fourth-order valence-corrected chi connectivity index (χ4v) is 6.05. The maximum atomic E-state index is 6.53. The van der Waals surface area contributed by atoms with Crippen molar-refractivity contribution < 1.29 is 0 Å². The molecule has 2 aliphatic carbocycles. The quantitative estimate of drug-likeness (QED) is 0.566. The molecule has 4 heteroatoms. The minimum Gasteiger partial charge on any atom is -0.376 e. The van der Waals surface area contributed by atoms with E-state index in [9.17, 15) is 0 Å². The van der Waals surface area contributed by atoms with E-state index >= 15 is 0 Å². The van der Waals surface area contributed by atoms with Crippen molar-refractivity contribution in [1.82, 2.24) is 0 Å². The summed E-state index contributed by atoms with van der Waals surface area (Å²) < 4.78 is 0. The molecule has 5 atom stereocenters. The van der Waals surface area contributed by atoms with Crippen molar-refractivity contribution in [2.75, 3.05) is 5.32 Å². The molecule has 24 heavy (non-hydrogen) atoms. The summed E-state index contributed by atoms with van der Waals surface area (Å²) in [6.45, 7) is 0. The molecule has 0 saturated heterocycles. The van der Waals surface area contributed by atoms with Gasteiger partial charge in [0.1, 0.15) is 0 Å². The van der Waals surface area contributed by atoms with Crippen LogP contribution in [0.4, 0.5) is 5.69 Å². The Morgan fingerprint density at radius 2 is 1.71 bits per heavy atom. The van der Waals surface area contributed by atoms with Crippen LogP contribution in [0.25, 0.3) is 0 Å². The number of nitrogens with one attached hydrogen (secondary N) is 1. The predicted octanol–water partition coefficient (Wildman–Crippen LogP) is 6.94. The molecular formula is C20H18Cl3N. The van der Waals surface area contributed by atoms with Crippen LogP contribution in [-0.2, 0) is 0 Å². The van der Waals surface area contributed by atoms with E-state index in [-0.39, 0.29) is 6.04 Å². The number of hydrogen-bond acceptors (Lipinski definition) is 1.